The number of nitrogens with zero attached hydrogens (tertiary/aromatic N) is 3. The van der Waals surface area contributed by atoms with E-state index in [4.69, 9.17) is 9.15 Å². The van der Waals surface area contributed by atoms with Crippen LogP contribution in [0.1, 0.15) is 18.7 Å². The molecule has 1 aromatic rings. The van der Waals surface area contributed by atoms with E-state index in [1.54, 1.807) is 11.9 Å². The lowest BCUT2D eigenvalue weighted by atomic mass is 10.2. The smallest absolute Gasteiger partial charge is 0.319 e. The Bertz CT molecular complexity index is 473. The number of likely N-dealkylation sites (N-methyl/N-ethyl adjacent to an activating group) is 1. The second-order valence-electron chi connectivity index (χ2n) is 5.03. The number of carbonyl (C=O) groups excluding carboxylic acids is 1. The van der Waals surface area contributed by atoms with Crippen LogP contribution in [-0.4, -0.2) is 55.0 Å². The Morgan fingerprint density at radius 2 is 2.30 bits per heavy atom. The first-order chi connectivity index (χ1) is 9.78. The molecule has 0 spiro atoms. The molecule has 1 saturated heterocycles. The topological polar surface area (TPSA) is 92.5 Å². The van der Waals surface area contributed by atoms with Crippen molar-refractivity contribution in [3.8, 4) is 0 Å². The molecule has 20 heavy (non-hydrogen) atoms. The summed E-state index contributed by atoms with van der Waals surface area (Å²) in [6.45, 7) is 2.02. The minimum atomic E-state index is -0.418. The lowest BCUT2D eigenvalue weighted by molar-refractivity contribution is -0.124. The SMILES string of the molecule is CNC(=O)C1COCCN1c1nnc(CNC2CC2)o1. The third-order valence-electron chi connectivity index (χ3n) is 3.50. The molecule has 1 aliphatic heterocycles. The first-order valence-corrected chi connectivity index (χ1v) is 6.89. The Morgan fingerprint density at radius 3 is 3.05 bits per heavy atom. The molecule has 1 unspecified atom stereocenters. The Hall–Kier alpha value is -1.67. The highest BCUT2D eigenvalue weighted by atomic mass is 16.5. The zero-order chi connectivity index (χ0) is 13.9. The Kier molecular flexibility index (Phi) is 3.83. The van der Waals surface area contributed by atoms with Crippen LogP contribution in [0.5, 0.6) is 0 Å². The predicted molar refractivity (Wildman–Crippen MR) is 70.2 cm³/mol. The van der Waals surface area contributed by atoms with Crippen molar-refractivity contribution in [1.82, 2.24) is 20.8 Å². The van der Waals surface area contributed by atoms with Crippen molar-refractivity contribution in [3.05, 3.63) is 5.89 Å². The van der Waals surface area contributed by atoms with Crippen molar-refractivity contribution in [3.63, 3.8) is 0 Å². The van der Waals surface area contributed by atoms with Gasteiger partial charge in [-0.15, -0.1) is 5.10 Å². The molecule has 2 aliphatic rings. The number of carbonyl (C=O) groups is 1. The van der Waals surface area contributed by atoms with E-state index in [9.17, 15) is 4.79 Å². The first kappa shape index (κ1) is 13.3. The quantitative estimate of drug-likeness (QED) is 0.735. The van der Waals surface area contributed by atoms with E-state index in [2.05, 4.69) is 20.8 Å². The van der Waals surface area contributed by atoms with Gasteiger partial charge in [0, 0.05) is 19.6 Å². The standard InChI is InChI=1S/C12H19N5O3/c1-13-11(18)9-7-19-5-4-17(9)12-16-15-10(20-12)6-14-8-2-3-8/h8-9,14H,2-7H2,1H3,(H,13,18). The van der Waals surface area contributed by atoms with Crippen LogP contribution in [-0.2, 0) is 16.1 Å². The van der Waals surface area contributed by atoms with Crippen molar-refractivity contribution < 1.29 is 13.9 Å². The van der Waals surface area contributed by atoms with Crippen molar-refractivity contribution >= 4 is 11.9 Å². The third kappa shape index (κ3) is 2.91. The summed E-state index contributed by atoms with van der Waals surface area (Å²) in [5, 5.41) is 14.0. The van der Waals surface area contributed by atoms with E-state index in [0.717, 1.165) is 0 Å². The van der Waals surface area contributed by atoms with Gasteiger partial charge in [-0.3, -0.25) is 4.79 Å². The Labute approximate surface area is 116 Å². The summed E-state index contributed by atoms with van der Waals surface area (Å²) in [6, 6.07) is 0.556. The molecule has 2 heterocycles. The molecule has 0 aromatic carbocycles. The van der Waals surface area contributed by atoms with Gasteiger partial charge >= 0.3 is 6.01 Å². The molecule has 1 atom stereocenters. The maximum absolute atomic E-state index is 11.8. The summed E-state index contributed by atoms with van der Waals surface area (Å²) in [5.74, 6) is 0.439. The predicted octanol–water partition coefficient (Wildman–Crippen LogP) is -0.727. The molecule has 3 rings (SSSR count). The van der Waals surface area contributed by atoms with Gasteiger partial charge in [-0.25, -0.2) is 0 Å². The summed E-state index contributed by atoms with van der Waals surface area (Å²) in [4.78, 5) is 13.6. The van der Waals surface area contributed by atoms with Crippen LogP contribution in [0.4, 0.5) is 6.01 Å². The van der Waals surface area contributed by atoms with Gasteiger partial charge in [-0.1, -0.05) is 5.10 Å². The van der Waals surface area contributed by atoms with Gasteiger partial charge in [-0.2, -0.15) is 0 Å². The summed E-state index contributed by atoms with van der Waals surface area (Å²) >= 11 is 0. The molecule has 0 radical (unpaired) electrons. The van der Waals surface area contributed by atoms with E-state index < -0.39 is 6.04 Å². The fourth-order valence-corrected chi connectivity index (χ4v) is 2.17. The van der Waals surface area contributed by atoms with Crippen LogP contribution in [0, 0.1) is 0 Å². The van der Waals surface area contributed by atoms with Crippen LogP contribution in [0.2, 0.25) is 0 Å². The van der Waals surface area contributed by atoms with Gasteiger partial charge < -0.3 is 24.7 Å². The van der Waals surface area contributed by atoms with Crippen LogP contribution in [0.25, 0.3) is 0 Å². The van der Waals surface area contributed by atoms with E-state index in [1.807, 2.05) is 0 Å². The van der Waals surface area contributed by atoms with Gasteiger partial charge in [0.25, 0.3) is 0 Å². The van der Waals surface area contributed by atoms with Gasteiger partial charge in [-0.05, 0) is 12.8 Å². The van der Waals surface area contributed by atoms with Gasteiger partial charge in [0.05, 0.1) is 19.8 Å². The fraction of sp³-hybridized carbons (Fsp3) is 0.750. The lowest BCUT2D eigenvalue weighted by Gasteiger charge is -2.32. The molecule has 1 aromatic heterocycles. The van der Waals surface area contributed by atoms with Crippen molar-refractivity contribution in [1.29, 1.82) is 0 Å². The lowest BCUT2D eigenvalue weighted by Crippen LogP contribution is -2.53. The second kappa shape index (κ2) is 5.76. The molecule has 2 fully saturated rings. The normalized spacial score (nSPS) is 22.9. The number of morpholine rings is 1. The monoisotopic (exact) mass is 281 g/mol. The Balaban J connectivity index is 1.67. The van der Waals surface area contributed by atoms with Crippen molar-refractivity contribution in [2.24, 2.45) is 0 Å². The summed E-state index contributed by atoms with van der Waals surface area (Å²) < 4.78 is 11.0. The van der Waals surface area contributed by atoms with E-state index in [-0.39, 0.29) is 5.91 Å². The van der Waals surface area contributed by atoms with E-state index >= 15 is 0 Å². The zero-order valence-electron chi connectivity index (χ0n) is 11.5. The molecule has 8 nitrogen and oxygen atoms in total. The van der Waals surface area contributed by atoms with Gasteiger partial charge in [0.1, 0.15) is 6.04 Å². The number of amides is 1. The van der Waals surface area contributed by atoms with E-state index in [0.29, 0.717) is 44.3 Å². The number of rotatable bonds is 5. The number of ether oxygens (including phenoxy) is 1. The van der Waals surface area contributed by atoms with Crippen molar-refractivity contribution in [2.75, 3.05) is 31.7 Å². The maximum Gasteiger partial charge on any atom is 0.319 e. The van der Waals surface area contributed by atoms with E-state index in [1.165, 1.54) is 12.8 Å². The average Bonchev–Trinajstić information content (AvgIpc) is 3.21. The largest absolute Gasteiger partial charge is 0.407 e. The summed E-state index contributed by atoms with van der Waals surface area (Å²) in [5.41, 5.74) is 0. The Morgan fingerprint density at radius 1 is 1.45 bits per heavy atom. The van der Waals surface area contributed by atoms with Crippen LogP contribution in [0.3, 0.4) is 0 Å². The second-order valence-corrected chi connectivity index (χ2v) is 5.03. The molecular formula is C12H19N5O3. The molecule has 1 aliphatic carbocycles. The highest BCUT2D eigenvalue weighted by Gasteiger charge is 2.32. The third-order valence-corrected chi connectivity index (χ3v) is 3.50. The molecular weight excluding hydrogens is 262 g/mol. The van der Waals surface area contributed by atoms with Gasteiger partial charge in [0.2, 0.25) is 11.8 Å². The molecule has 1 amide bonds. The van der Waals surface area contributed by atoms with Crippen LogP contribution < -0.4 is 15.5 Å². The van der Waals surface area contributed by atoms with Crippen LogP contribution in [0.15, 0.2) is 4.42 Å². The fourth-order valence-electron chi connectivity index (χ4n) is 2.17. The number of anilines is 1. The average molecular weight is 281 g/mol. The highest BCUT2D eigenvalue weighted by molar-refractivity contribution is 5.84. The molecule has 2 N–H and O–H groups in total. The maximum atomic E-state index is 11.8. The van der Waals surface area contributed by atoms with Crippen LogP contribution >= 0.6 is 0 Å². The first-order valence-electron chi connectivity index (χ1n) is 6.89. The molecule has 8 heteroatoms. The molecule has 0 bridgehead atoms. The summed E-state index contributed by atoms with van der Waals surface area (Å²) in [7, 11) is 1.61. The van der Waals surface area contributed by atoms with Gasteiger partial charge in [0.15, 0.2) is 0 Å². The molecule has 1 saturated carbocycles. The van der Waals surface area contributed by atoms with Crippen molar-refractivity contribution in [2.45, 2.75) is 31.5 Å². The minimum Gasteiger partial charge on any atom is -0.407 e. The number of aromatic nitrogens is 2. The number of nitrogens with one attached hydrogen (secondary N) is 2. The molecule has 110 valence electrons. The zero-order valence-corrected chi connectivity index (χ0v) is 11.5. The number of hydrogen-bond donors (Lipinski definition) is 2. The number of hydrogen-bond acceptors (Lipinski definition) is 7. The summed E-state index contributed by atoms with van der Waals surface area (Å²) in [6.07, 6.45) is 2.42. The highest BCUT2D eigenvalue weighted by Crippen LogP contribution is 2.21. The minimum absolute atomic E-state index is 0.111.